The van der Waals surface area contributed by atoms with E-state index in [2.05, 4.69) is 15.3 Å². The molecular weight excluding hydrogens is 346 g/mol. The number of pyridine rings is 1. The van der Waals surface area contributed by atoms with E-state index in [1.165, 1.54) is 11.8 Å². The van der Waals surface area contributed by atoms with E-state index in [1.807, 2.05) is 68.4 Å². The highest BCUT2D eigenvalue weighted by Gasteiger charge is 2.19. The minimum atomic E-state index is -0.352. The fourth-order valence-electron chi connectivity index (χ4n) is 2.75. The second-order valence-electron chi connectivity index (χ2n) is 6.03. The first kappa shape index (κ1) is 16.6. The molecule has 4 rings (SSSR count). The molecule has 5 nitrogen and oxygen atoms in total. The molecule has 0 bridgehead atoms. The number of aryl methyl sites for hydroxylation is 1. The number of thioether (sulfide) groups is 1. The summed E-state index contributed by atoms with van der Waals surface area (Å²) in [6, 6.07) is 17.2. The predicted octanol–water partition coefficient (Wildman–Crippen LogP) is 4.80. The summed E-state index contributed by atoms with van der Waals surface area (Å²) in [5.74, 6) is -0.104. The van der Waals surface area contributed by atoms with Crippen LogP contribution in [0.4, 0.5) is 5.69 Å². The van der Waals surface area contributed by atoms with Gasteiger partial charge in [-0.1, -0.05) is 42.1 Å². The van der Waals surface area contributed by atoms with Gasteiger partial charge >= 0.3 is 0 Å². The van der Waals surface area contributed by atoms with Gasteiger partial charge in [-0.15, -0.1) is 0 Å². The van der Waals surface area contributed by atoms with Crippen LogP contribution in [0, 0.1) is 6.92 Å². The minimum absolute atomic E-state index is 0.104. The predicted molar refractivity (Wildman–Crippen MR) is 104 cm³/mol. The second-order valence-corrected chi connectivity index (χ2v) is 7.32. The highest BCUT2D eigenvalue weighted by atomic mass is 32.2. The molecule has 130 valence electrons. The zero-order valence-corrected chi connectivity index (χ0v) is 15.2. The molecule has 26 heavy (non-hydrogen) atoms. The Kier molecular flexibility index (Phi) is 4.34. The summed E-state index contributed by atoms with van der Waals surface area (Å²) < 4.78 is 5.69. The molecule has 0 radical (unpaired) electrons. The van der Waals surface area contributed by atoms with E-state index in [0.717, 1.165) is 33.4 Å². The SMILES string of the molecule is Cc1cc(NC(=O)C(C)Sc2nc3ccccc3o2)c2ccccc2n1. The Morgan fingerprint density at radius 3 is 2.62 bits per heavy atom. The quantitative estimate of drug-likeness (QED) is 0.527. The first-order valence-corrected chi connectivity index (χ1v) is 9.17. The number of hydrogen-bond donors (Lipinski definition) is 1. The van der Waals surface area contributed by atoms with E-state index in [1.54, 1.807) is 0 Å². The largest absolute Gasteiger partial charge is 0.431 e. The summed E-state index contributed by atoms with van der Waals surface area (Å²) in [5.41, 5.74) is 4.00. The number of para-hydroxylation sites is 3. The number of rotatable bonds is 4. The first-order chi connectivity index (χ1) is 12.6. The minimum Gasteiger partial charge on any atom is -0.431 e. The first-order valence-electron chi connectivity index (χ1n) is 8.29. The van der Waals surface area contributed by atoms with Crippen molar-refractivity contribution >= 4 is 45.4 Å². The van der Waals surface area contributed by atoms with Crippen LogP contribution in [0.2, 0.25) is 0 Å². The number of hydrogen-bond acceptors (Lipinski definition) is 5. The Morgan fingerprint density at radius 1 is 1.08 bits per heavy atom. The van der Waals surface area contributed by atoms with Gasteiger partial charge in [0.05, 0.1) is 16.5 Å². The molecule has 0 aliphatic rings. The summed E-state index contributed by atoms with van der Waals surface area (Å²) in [6.07, 6.45) is 0. The number of nitrogens with one attached hydrogen (secondary N) is 1. The van der Waals surface area contributed by atoms with Gasteiger partial charge < -0.3 is 9.73 Å². The molecule has 0 fully saturated rings. The highest BCUT2D eigenvalue weighted by molar-refractivity contribution is 8.00. The zero-order chi connectivity index (χ0) is 18.1. The van der Waals surface area contributed by atoms with Crippen LogP contribution in [0.1, 0.15) is 12.6 Å². The average Bonchev–Trinajstić information content (AvgIpc) is 3.03. The number of nitrogens with zero attached hydrogens (tertiary/aromatic N) is 2. The lowest BCUT2D eigenvalue weighted by Gasteiger charge is -2.12. The molecule has 1 atom stereocenters. The molecule has 6 heteroatoms. The molecule has 1 amide bonds. The number of carbonyl (C=O) groups is 1. The smallest absolute Gasteiger partial charge is 0.257 e. The van der Waals surface area contributed by atoms with Gasteiger partial charge in [0, 0.05) is 11.1 Å². The maximum absolute atomic E-state index is 12.7. The molecule has 0 aliphatic carbocycles. The lowest BCUT2D eigenvalue weighted by Crippen LogP contribution is -2.22. The number of aromatic nitrogens is 2. The Morgan fingerprint density at radius 2 is 1.81 bits per heavy atom. The third-order valence-electron chi connectivity index (χ3n) is 4.02. The monoisotopic (exact) mass is 363 g/mol. The molecule has 4 aromatic rings. The Balaban J connectivity index is 1.54. The molecule has 1 N–H and O–H groups in total. The van der Waals surface area contributed by atoms with Crippen LogP contribution in [0.5, 0.6) is 0 Å². The summed E-state index contributed by atoms with van der Waals surface area (Å²) in [6.45, 7) is 3.75. The van der Waals surface area contributed by atoms with Crippen molar-refractivity contribution in [3.8, 4) is 0 Å². The van der Waals surface area contributed by atoms with Gasteiger partial charge in [-0.2, -0.15) is 0 Å². The van der Waals surface area contributed by atoms with E-state index in [-0.39, 0.29) is 11.2 Å². The molecule has 0 saturated heterocycles. The number of amides is 1. The number of carbonyl (C=O) groups excluding carboxylic acids is 1. The number of anilines is 1. The summed E-state index contributed by atoms with van der Waals surface area (Å²) >= 11 is 1.30. The number of fused-ring (bicyclic) bond motifs is 2. The molecule has 0 spiro atoms. The van der Waals surface area contributed by atoms with Crippen molar-refractivity contribution in [1.29, 1.82) is 0 Å². The normalized spacial score (nSPS) is 12.4. The van der Waals surface area contributed by atoms with Crippen molar-refractivity contribution in [1.82, 2.24) is 9.97 Å². The lowest BCUT2D eigenvalue weighted by atomic mass is 10.1. The molecule has 2 aromatic carbocycles. The van der Waals surface area contributed by atoms with Crippen molar-refractivity contribution in [2.45, 2.75) is 24.3 Å². The lowest BCUT2D eigenvalue weighted by molar-refractivity contribution is -0.115. The van der Waals surface area contributed by atoms with Crippen LogP contribution in [0.3, 0.4) is 0 Å². The van der Waals surface area contributed by atoms with Gasteiger partial charge in [-0.05, 0) is 38.1 Å². The number of oxazole rings is 1. The molecule has 2 heterocycles. The van der Waals surface area contributed by atoms with E-state index in [0.29, 0.717) is 5.22 Å². The average molecular weight is 363 g/mol. The second kappa shape index (κ2) is 6.80. The standard InChI is InChI=1S/C20H17N3O2S/c1-12-11-17(14-7-3-4-8-15(14)21-12)22-19(24)13(2)26-20-23-16-9-5-6-10-18(16)25-20/h3-11,13H,1-2H3,(H,21,22,24). The Hall–Kier alpha value is -2.86. The van der Waals surface area contributed by atoms with Gasteiger partial charge in [-0.3, -0.25) is 9.78 Å². The van der Waals surface area contributed by atoms with E-state index in [9.17, 15) is 4.79 Å². The van der Waals surface area contributed by atoms with Gasteiger partial charge in [0.1, 0.15) is 5.52 Å². The van der Waals surface area contributed by atoms with Crippen molar-refractivity contribution in [2.75, 3.05) is 5.32 Å². The summed E-state index contributed by atoms with van der Waals surface area (Å²) in [4.78, 5) is 21.6. The van der Waals surface area contributed by atoms with Crippen LogP contribution in [-0.4, -0.2) is 21.1 Å². The van der Waals surface area contributed by atoms with Crippen LogP contribution in [0.15, 0.2) is 64.2 Å². The molecular formula is C20H17N3O2S. The molecule has 1 unspecified atom stereocenters. The van der Waals surface area contributed by atoms with Crippen molar-refractivity contribution in [3.05, 3.63) is 60.3 Å². The maximum atomic E-state index is 12.7. The van der Waals surface area contributed by atoms with Crippen LogP contribution >= 0.6 is 11.8 Å². The van der Waals surface area contributed by atoms with Crippen molar-refractivity contribution in [3.63, 3.8) is 0 Å². The van der Waals surface area contributed by atoms with Crippen LogP contribution < -0.4 is 5.32 Å². The van der Waals surface area contributed by atoms with E-state index >= 15 is 0 Å². The van der Waals surface area contributed by atoms with E-state index in [4.69, 9.17) is 4.42 Å². The fraction of sp³-hybridized carbons (Fsp3) is 0.150. The number of benzene rings is 2. The Bertz CT molecular complexity index is 1070. The molecule has 0 aliphatic heterocycles. The zero-order valence-electron chi connectivity index (χ0n) is 14.4. The van der Waals surface area contributed by atoms with Gasteiger partial charge in [0.15, 0.2) is 5.58 Å². The Labute approximate surface area is 154 Å². The highest BCUT2D eigenvalue weighted by Crippen LogP contribution is 2.28. The van der Waals surface area contributed by atoms with Gasteiger partial charge in [0.25, 0.3) is 5.22 Å². The molecule has 0 saturated carbocycles. The van der Waals surface area contributed by atoms with Gasteiger partial charge in [-0.25, -0.2) is 4.98 Å². The topological polar surface area (TPSA) is 68.0 Å². The molecule has 2 aromatic heterocycles. The fourth-order valence-corrected chi connectivity index (χ4v) is 3.51. The van der Waals surface area contributed by atoms with Crippen molar-refractivity contribution < 1.29 is 9.21 Å². The summed E-state index contributed by atoms with van der Waals surface area (Å²) in [5, 5.41) is 4.07. The van der Waals surface area contributed by atoms with Crippen LogP contribution in [-0.2, 0) is 4.79 Å². The van der Waals surface area contributed by atoms with Gasteiger partial charge in [0.2, 0.25) is 5.91 Å². The maximum Gasteiger partial charge on any atom is 0.257 e. The van der Waals surface area contributed by atoms with E-state index < -0.39 is 0 Å². The van der Waals surface area contributed by atoms with Crippen molar-refractivity contribution in [2.24, 2.45) is 0 Å². The third kappa shape index (κ3) is 3.28. The third-order valence-corrected chi connectivity index (χ3v) is 4.97. The summed E-state index contributed by atoms with van der Waals surface area (Å²) in [7, 11) is 0. The van der Waals surface area contributed by atoms with Crippen LogP contribution in [0.25, 0.3) is 22.0 Å².